The number of methoxy groups -OCH3 is 1. The molecule has 9 nitrogen and oxygen atoms in total. The Hall–Kier alpha value is -3.11. The van der Waals surface area contributed by atoms with Gasteiger partial charge in [-0.15, -0.1) is 0 Å². The molecular formula is C20H22N4O5S. The lowest BCUT2D eigenvalue weighted by Gasteiger charge is -2.30. The molecule has 1 atom stereocenters. The third-order valence-electron chi connectivity index (χ3n) is 5.05. The molecule has 10 heteroatoms. The average molecular weight is 430 g/mol. The summed E-state index contributed by atoms with van der Waals surface area (Å²) in [5.74, 6) is 0.420. The second-order valence-corrected chi connectivity index (χ2v) is 8.88. The van der Waals surface area contributed by atoms with Gasteiger partial charge in [0.05, 0.1) is 13.0 Å². The van der Waals surface area contributed by atoms with Crippen LogP contribution in [0.1, 0.15) is 12.8 Å². The number of hydrogen-bond donors (Lipinski definition) is 2. The normalized spacial score (nSPS) is 17.6. The fourth-order valence-corrected chi connectivity index (χ4v) is 4.85. The van der Waals surface area contributed by atoms with Gasteiger partial charge >= 0.3 is 0 Å². The summed E-state index contributed by atoms with van der Waals surface area (Å²) in [4.78, 5) is 12.7. The molecule has 3 heterocycles. The van der Waals surface area contributed by atoms with Gasteiger partial charge in [0.2, 0.25) is 11.0 Å². The van der Waals surface area contributed by atoms with Crippen molar-refractivity contribution in [1.29, 1.82) is 0 Å². The molecule has 4 rings (SSSR count). The van der Waals surface area contributed by atoms with Gasteiger partial charge in [0, 0.05) is 25.0 Å². The SMILES string of the molecule is COc1ccc(NC(=O)C2CCCN(S(=O)(=O)c3ccc(-c4ccn[nH]4)o3)C2)cc1. The number of sulfonamides is 1. The maximum Gasteiger partial charge on any atom is 0.276 e. The third kappa shape index (κ3) is 4.10. The molecule has 1 amide bonds. The highest BCUT2D eigenvalue weighted by Crippen LogP contribution is 2.28. The molecule has 2 N–H and O–H groups in total. The van der Waals surface area contributed by atoms with E-state index >= 15 is 0 Å². The van der Waals surface area contributed by atoms with Crippen LogP contribution in [-0.4, -0.2) is 49.0 Å². The molecule has 1 saturated heterocycles. The van der Waals surface area contributed by atoms with Gasteiger partial charge in [-0.2, -0.15) is 9.40 Å². The standard InChI is InChI=1S/C20H22N4O5S/c1-28-16-6-4-15(5-7-16)22-20(25)14-3-2-12-24(13-14)30(26,27)19-9-8-18(29-19)17-10-11-21-23-17/h4-11,14H,2-3,12-13H2,1H3,(H,21,23)(H,22,25). The molecule has 2 aromatic heterocycles. The predicted octanol–water partition coefficient (Wildman–Crippen LogP) is 2.72. The van der Waals surface area contributed by atoms with E-state index in [-0.39, 0.29) is 17.5 Å². The Labute approximate surface area is 174 Å². The van der Waals surface area contributed by atoms with Gasteiger partial charge in [0.15, 0.2) is 5.76 Å². The number of carbonyl (C=O) groups excluding carboxylic acids is 1. The van der Waals surface area contributed by atoms with E-state index in [4.69, 9.17) is 9.15 Å². The van der Waals surface area contributed by atoms with Gasteiger partial charge in [-0.3, -0.25) is 9.89 Å². The molecule has 1 unspecified atom stereocenters. The number of rotatable bonds is 6. The van der Waals surface area contributed by atoms with E-state index in [0.29, 0.717) is 42.3 Å². The Bertz CT molecular complexity index is 1110. The minimum absolute atomic E-state index is 0.102. The Morgan fingerprint density at radius 2 is 2.03 bits per heavy atom. The van der Waals surface area contributed by atoms with Crippen molar-refractivity contribution in [1.82, 2.24) is 14.5 Å². The molecule has 0 spiro atoms. The number of H-pyrrole nitrogens is 1. The fraction of sp³-hybridized carbons (Fsp3) is 0.300. The van der Waals surface area contributed by atoms with Crippen molar-refractivity contribution in [2.75, 3.05) is 25.5 Å². The fourth-order valence-electron chi connectivity index (χ4n) is 3.42. The van der Waals surface area contributed by atoms with E-state index in [0.717, 1.165) is 0 Å². The summed E-state index contributed by atoms with van der Waals surface area (Å²) in [6, 6.07) is 11.7. The van der Waals surface area contributed by atoms with E-state index in [2.05, 4.69) is 15.5 Å². The summed E-state index contributed by atoms with van der Waals surface area (Å²) in [5.41, 5.74) is 1.22. The van der Waals surface area contributed by atoms with Gasteiger partial charge in [0.1, 0.15) is 11.4 Å². The van der Waals surface area contributed by atoms with Crippen LogP contribution in [0.2, 0.25) is 0 Å². The number of amides is 1. The van der Waals surface area contributed by atoms with Crippen molar-refractivity contribution < 1.29 is 22.4 Å². The van der Waals surface area contributed by atoms with E-state index in [1.54, 1.807) is 49.7 Å². The second-order valence-electron chi connectivity index (χ2n) is 7.01. The zero-order valence-electron chi connectivity index (χ0n) is 16.4. The largest absolute Gasteiger partial charge is 0.497 e. The summed E-state index contributed by atoms with van der Waals surface area (Å²) in [5, 5.41) is 9.27. The first-order chi connectivity index (χ1) is 14.5. The van der Waals surface area contributed by atoms with Gasteiger partial charge in [-0.1, -0.05) is 0 Å². The number of aromatic amines is 1. The predicted molar refractivity (Wildman–Crippen MR) is 109 cm³/mol. The lowest BCUT2D eigenvalue weighted by atomic mass is 9.99. The van der Waals surface area contributed by atoms with Crippen LogP contribution in [-0.2, 0) is 14.8 Å². The van der Waals surface area contributed by atoms with Gasteiger partial charge in [0.25, 0.3) is 10.0 Å². The molecule has 30 heavy (non-hydrogen) atoms. The summed E-state index contributed by atoms with van der Waals surface area (Å²) < 4.78 is 38.0. The summed E-state index contributed by atoms with van der Waals surface area (Å²) >= 11 is 0. The lowest BCUT2D eigenvalue weighted by molar-refractivity contribution is -0.120. The van der Waals surface area contributed by atoms with Crippen molar-refractivity contribution >= 4 is 21.6 Å². The molecule has 0 aliphatic carbocycles. The molecule has 1 fully saturated rings. The van der Waals surface area contributed by atoms with Crippen LogP contribution in [0.25, 0.3) is 11.5 Å². The van der Waals surface area contributed by atoms with Crippen LogP contribution >= 0.6 is 0 Å². The van der Waals surface area contributed by atoms with Gasteiger partial charge < -0.3 is 14.5 Å². The molecular weight excluding hydrogens is 408 g/mol. The smallest absolute Gasteiger partial charge is 0.276 e. The number of aromatic nitrogens is 2. The number of anilines is 1. The van der Waals surface area contributed by atoms with Crippen LogP contribution in [0.15, 0.2) is 58.2 Å². The Morgan fingerprint density at radius 1 is 1.23 bits per heavy atom. The van der Waals surface area contributed by atoms with Crippen LogP contribution in [0.3, 0.4) is 0 Å². The topological polar surface area (TPSA) is 118 Å². The van der Waals surface area contributed by atoms with Gasteiger partial charge in [-0.25, -0.2) is 8.42 Å². The molecule has 1 aromatic carbocycles. The third-order valence-corrected chi connectivity index (χ3v) is 6.79. The first-order valence-corrected chi connectivity index (χ1v) is 11.0. The monoisotopic (exact) mass is 430 g/mol. The quantitative estimate of drug-likeness (QED) is 0.621. The van der Waals surface area contributed by atoms with E-state index in [1.165, 1.54) is 10.4 Å². The number of benzene rings is 1. The Kier molecular flexibility index (Phi) is 5.60. The van der Waals surface area contributed by atoms with Crippen molar-refractivity contribution in [3.05, 3.63) is 48.7 Å². The minimum Gasteiger partial charge on any atom is -0.497 e. The van der Waals surface area contributed by atoms with Crippen molar-refractivity contribution in [3.8, 4) is 17.2 Å². The Morgan fingerprint density at radius 3 is 2.73 bits per heavy atom. The zero-order chi connectivity index (χ0) is 21.1. The number of furan rings is 1. The number of ether oxygens (including phenoxy) is 1. The summed E-state index contributed by atoms with van der Waals surface area (Å²) in [6.07, 6.45) is 2.77. The Balaban J connectivity index is 1.45. The molecule has 1 aliphatic rings. The van der Waals surface area contributed by atoms with E-state index in [9.17, 15) is 13.2 Å². The van der Waals surface area contributed by atoms with Crippen molar-refractivity contribution in [2.45, 2.75) is 17.9 Å². The summed E-state index contributed by atoms with van der Waals surface area (Å²) in [6.45, 7) is 0.444. The first-order valence-electron chi connectivity index (χ1n) is 9.52. The molecule has 0 bridgehead atoms. The highest BCUT2D eigenvalue weighted by atomic mass is 32.2. The van der Waals surface area contributed by atoms with E-state index < -0.39 is 15.9 Å². The second kappa shape index (κ2) is 8.33. The van der Waals surface area contributed by atoms with Crippen LogP contribution in [0.5, 0.6) is 5.75 Å². The number of nitrogens with one attached hydrogen (secondary N) is 2. The maximum atomic E-state index is 13.0. The molecule has 1 aliphatic heterocycles. The molecule has 3 aromatic rings. The summed E-state index contributed by atoms with van der Waals surface area (Å²) in [7, 11) is -2.27. The van der Waals surface area contributed by atoms with Crippen molar-refractivity contribution in [3.63, 3.8) is 0 Å². The first kappa shape index (κ1) is 20.2. The van der Waals surface area contributed by atoms with Gasteiger partial charge in [-0.05, 0) is 55.3 Å². The lowest BCUT2D eigenvalue weighted by Crippen LogP contribution is -2.43. The van der Waals surface area contributed by atoms with E-state index in [1.807, 2.05) is 0 Å². The van der Waals surface area contributed by atoms with Crippen molar-refractivity contribution in [2.24, 2.45) is 5.92 Å². The molecule has 158 valence electrons. The highest BCUT2D eigenvalue weighted by molar-refractivity contribution is 7.89. The number of nitrogens with zero attached hydrogens (tertiary/aromatic N) is 2. The number of hydrogen-bond acceptors (Lipinski definition) is 6. The zero-order valence-corrected chi connectivity index (χ0v) is 17.2. The molecule has 0 saturated carbocycles. The number of carbonyl (C=O) groups is 1. The van der Waals surface area contributed by atoms with Crippen LogP contribution in [0, 0.1) is 5.92 Å². The maximum absolute atomic E-state index is 13.0. The molecule has 0 radical (unpaired) electrons. The average Bonchev–Trinajstić information content (AvgIpc) is 3.46. The van der Waals surface area contributed by atoms with Crippen LogP contribution < -0.4 is 10.1 Å². The number of piperidine rings is 1. The highest BCUT2D eigenvalue weighted by Gasteiger charge is 2.35. The van der Waals surface area contributed by atoms with Crippen LogP contribution in [0.4, 0.5) is 5.69 Å². The minimum atomic E-state index is -3.84.